The molecule has 4 rings (SSSR count). The average molecular weight is 443 g/mol. The minimum absolute atomic E-state index is 0.169. The van der Waals surface area contributed by atoms with Gasteiger partial charge in [-0.15, -0.1) is 0 Å². The predicted octanol–water partition coefficient (Wildman–Crippen LogP) is 3.24. The van der Waals surface area contributed by atoms with Crippen LogP contribution in [0, 0.1) is 0 Å². The largest absolute Gasteiger partial charge is 0.493 e. The van der Waals surface area contributed by atoms with Gasteiger partial charge in [0, 0.05) is 48.3 Å². The summed E-state index contributed by atoms with van der Waals surface area (Å²) in [6, 6.07) is 10.5. The molecule has 0 saturated carbocycles. The molecular weight excluding hydrogens is 420 g/mol. The molecule has 1 aromatic heterocycles. The van der Waals surface area contributed by atoms with Gasteiger partial charge in [0.05, 0.1) is 19.7 Å². The number of nitrogen functional groups attached to an aromatic ring is 1. The van der Waals surface area contributed by atoms with Crippen molar-refractivity contribution < 1.29 is 14.3 Å². The highest BCUT2D eigenvalue weighted by Gasteiger charge is 2.24. The number of nitrogens with zero attached hydrogens (tertiary/aromatic N) is 4. The zero-order chi connectivity index (χ0) is 22.0. The Hall–Kier alpha value is -3.46. The number of carbonyl (C=O) groups excluding carboxylic acids is 1. The third-order valence-electron chi connectivity index (χ3n) is 5.14. The van der Waals surface area contributed by atoms with Crippen molar-refractivity contribution >= 4 is 46.0 Å². The van der Waals surface area contributed by atoms with E-state index < -0.39 is 0 Å². The van der Waals surface area contributed by atoms with Gasteiger partial charge in [0.25, 0.3) is 0 Å². The minimum atomic E-state index is -0.169. The Kier molecular flexibility index (Phi) is 5.85. The fourth-order valence-corrected chi connectivity index (χ4v) is 3.68. The second-order valence-corrected chi connectivity index (χ2v) is 7.48. The monoisotopic (exact) mass is 442 g/mol. The van der Waals surface area contributed by atoms with Crippen molar-refractivity contribution in [1.29, 1.82) is 0 Å². The molecule has 162 valence electrons. The van der Waals surface area contributed by atoms with Gasteiger partial charge >= 0.3 is 6.03 Å². The smallest absolute Gasteiger partial charge is 0.321 e. The van der Waals surface area contributed by atoms with Crippen LogP contribution in [0.1, 0.15) is 0 Å². The number of nitrogens with one attached hydrogen (secondary N) is 1. The standard InChI is InChI=1S/C21H23ClN6O3/c1-30-17-11-15-16(12-18(17)31-2)25-20(26-19(15)23)27-6-8-28(9-7-27)21(29)24-14-5-3-4-13(22)10-14/h3-5,10-12H,6-9H2,1-2H3,(H,24,29)(H2,23,25,26). The van der Waals surface area contributed by atoms with E-state index in [9.17, 15) is 4.79 Å². The summed E-state index contributed by atoms with van der Waals surface area (Å²) in [5.74, 6) is 2.02. The first kappa shape index (κ1) is 20.8. The first-order chi connectivity index (χ1) is 15.0. The summed E-state index contributed by atoms with van der Waals surface area (Å²) in [7, 11) is 3.14. The number of piperazine rings is 1. The van der Waals surface area contributed by atoms with E-state index in [-0.39, 0.29) is 6.03 Å². The molecule has 1 saturated heterocycles. The van der Waals surface area contributed by atoms with Gasteiger partial charge in [-0.25, -0.2) is 9.78 Å². The molecule has 3 aromatic rings. The summed E-state index contributed by atoms with van der Waals surface area (Å²) in [6.07, 6.45) is 0. The number of amides is 2. The molecular formula is C21H23ClN6O3. The van der Waals surface area contributed by atoms with E-state index in [1.807, 2.05) is 4.90 Å². The van der Waals surface area contributed by atoms with Crippen molar-refractivity contribution in [3.63, 3.8) is 0 Å². The van der Waals surface area contributed by atoms with Crippen LogP contribution in [-0.2, 0) is 0 Å². The number of hydrogen-bond donors (Lipinski definition) is 2. The van der Waals surface area contributed by atoms with Crippen LogP contribution in [0.2, 0.25) is 5.02 Å². The number of halogens is 1. The molecule has 0 atom stereocenters. The van der Waals surface area contributed by atoms with E-state index in [1.54, 1.807) is 55.5 Å². The Morgan fingerprint density at radius 2 is 1.77 bits per heavy atom. The maximum absolute atomic E-state index is 12.6. The Morgan fingerprint density at radius 1 is 1.06 bits per heavy atom. The molecule has 31 heavy (non-hydrogen) atoms. The molecule has 0 unspecified atom stereocenters. The molecule has 9 nitrogen and oxygen atoms in total. The highest BCUT2D eigenvalue weighted by atomic mass is 35.5. The van der Waals surface area contributed by atoms with Crippen molar-refractivity contribution in [1.82, 2.24) is 14.9 Å². The maximum Gasteiger partial charge on any atom is 0.321 e. The second kappa shape index (κ2) is 8.73. The Morgan fingerprint density at radius 3 is 2.45 bits per heavy atom. The summed E-state index contributed by atoms with van der Waals surface area (Å²) >= 11 is 5.98. The Bertz CT molecular complexity index is 1120. The number of hydrogen-bond acceptors (Lipinski definition) is 7. The normalized spacial score (nSPS) is 13.9. The van der Waals surface area contributed by atoms with Gasteiger partial charge in [-0.3, -0.25) is 0 Å². The van der Waals surface area contributed by atoms with Crippen LogP contribution in [0.3, 0.4) is 0 Å². The van der Waals surface area contributed by atoms with Crippen molar-refractivity contribution in [2.24, 2.45) is 0 Å². The van der Waals surface area contributed by atoms with Gasteiger partial charge in [-0.2, -0.15) is 4.98 Å². The number of rotatable bonds is 4. The lowest BCUT2D eigenvalue weighted by Crippen LogP contribution is -2.50. The molecule has 10 heteroatoms. The molecule has 3 N–H and O–H groups in total. The van der Waals surface area contributed by atoms with Crippen molar-refractivity contribution in [2.75, 3.05) is 56.3 Å². The summed E-state index contributed by atoms with van der Waals surface area (Å²) < 4.78 is 10.7. The number of anilines is 3. The quantitative estimate of drug-likeness (QED) is 0.638. The van der Waals surface area contributed by atoms with Gasteiger partial charge in [0.2, 0.25) is 5.95 Å². The van der Waals surface area contributed by atoms with E-state index in [0.29, 0.717) is 71.1 Å². The summed E-state index contributed by atoms with van der Waals surface area (Å²) in [5.41, 5.74) is 7.52. The van der Waals surface area contributed by atoms with Gasteiger partial charge in [0.15, 0.2) is 11.5 Å². The molecule has 1 aliphatic rings. The summed E-state index contributed by atoms with van der Waals surface area (Å²) in [6.45, 7) is 2.22. The zero-order valence-corrected chi connectivity index (χ0v) is 18.0. The molecule has 2 amide bonds. The molecule has 0 radical (unpaired) electrons. The van der Waals surface area contributed by atoms with E-state index in [4.69, 9.17) is 26.8 Å². The van der Waals surface area contributed by atoms with E-state index in [2.05, 4.69) is 15.3 Å². The molecule has 2 aromatic carbocycles. The molecule has 0 aliphatic carbocycles. The maximum atomic E-state index is 12.6. The lowest BCUT2D eigenvalue weighted by atomic mass is 10.2. The van der Waals surface area contributed by atoms with Crippen LogP contribution in [0.15, 0.2) is 36.4 Å². The lowest BCUT2D eigenvalue weighted by molar-refractivity contribution is 0.208. The fourth-order valence-electron chi connectivity index (χ4n) is 3.49. The van der Waals surface area contributed by atoms with Crippen molar-refractivity contribution in [2.45, 2.75) is 0 Å². The summed E-state index contributed by atoms with van der Waals surface area (Å²) in [5, 5.41) is 4.14. The van der Waals surface area contributed by atoms with Gasteiger partial charge in [0.1, 0.15) is 5.82 Å². The highest BCUT2D eigenvalue weighted by Crippen LogP contribution is 2.34. The van der Waals surface area contributed by atoms with Crippen LogP contribution < -0.4 is 25.4 Å². The van der Waals surface area contributed by atoms with Crippen molar-refractivity contribution in [3.8, 4) is 11.5 Å². The van der Waals surface area contributed by atoms with Crippen LogP contribution in [-0.4, -0.2) is 61.3 Å². The third kappa shape index (κ3) is 4.36. The molecule has 1 aliphatic heterocycles. The Balaban J connectivity index is 1.47. The van der Waals surface area contributed by atoms with Crippen LogP contribution in [0.5, 0.6) is 11.5 Å². The zero-order valence-electron chi connectivity index (χ0n) is 17.3. The number of methoxy groups -OCH3 is 2. The fraction of sp³-hybridized carbons (Fsp3) is 0.286. The van der Waals surface area contributed by atoms with E-state index in [0.717, 1.165) is 0 Å². The number of urea groups is 1. The average Bonchev–Trinajstić information content (AvgIpc) is 2.78. The lowest BCUT2D eigenvalue weighted by Gasteiger charge is -2.34. The molecule has 0 bridgehead atoms. The predicted molar refractivity (Wildman–Crippen MR) is 121 cm³/mol. The number of fused-ring (bicyclic) bond motifs is 1. The number of aromatic nitrogens is 2. The van der Waals surface area contributed by atoms with E-state index in [1.165, 1.54) is 0 Å². The number of ether oxygens (including phenoxy) is 2. The molecule has 0 spiro atoms. The first-order valence-corrected chi connectivity index (χ1v) is 10.1. The highest BCUT2D eigenvalue weighted by molar-refractivity contribution is 6.30. The first-order valence-electron chi connectivity index (χ1n) is 9.74. The second-order valence-electron chi connectivity index (χ2n) is 7.05. The topological polar surface area (TPSA) is 106 Å². The van der Waals surface area contributed by atoms with Gasteiger partial charge in [-0.1, -0.05) is 17.7 Å². The summed E-state index contributed by atoms with van der Waals surface area (Å²) in [4.78, 5) is 25.4. The van der Waals surface area contributed by atoms with Crippen LogP contribution >= 0.6 is 11.6 Å². The number of carbonyl (C=O) groups is 1. The van der Waals surface area contributed by atoms with Crippen LogP contribution in [0.25, 0.3) is 10.9 Å². The van der Waals surface area contributed by atoms with Gasteiger partial charge in [-0.05, 0) is 24.3 Å². The van der Waals surface area contributed by atoms with E-state index >= 15 is 0 Å². The minimum Gasteiger partial charge on any atom is -0.493 e. The van der Waals surface area contributed by atoms with Crippen LogP contribution in [0.4, 0.5) is 22.2 Å². The molecule has 2 heterocycles. The Labute approximate surface area is 184 Å². The number of nitrogens with two attached hydrogens (primary N) is 1. The number of benzene rings is 2. The SMILES string of the molecule is COc1cc2nc(N3CCN(C(=O)Nc4cccc(Cl)c4)CC3)nc(N)c2cc1OC. The van der Waals surface area contributed by atoms with Gasteiger partial charge < -0.3 is 30.3 Å². The van der Waals surface area contributed by atoms with Crippen molar-refractivity contribution in [3.05, 3.63) is 41.4 Å². The molecule has 1 fully saturated rings. The third-order valence-corrected chi connectivity index (χ3v) is 5.38.